The predicted octanol–water partition coefficient (Wildman–Crippen LogP) is 7.15. The number of carbonyl (C=O) groups is 2. The molecule has 1 fully saturated rings. The number of nitrogens with two attached hydrogens (primary N) is 1. The molecular formula is C31H47NO3. The highest BCUT2D eigenvalue weighted by Crippen LogP contribution is 2.66. The number of Topliss-reactive ketones (excluding diaryl/α,β-unsaturated/α-hetero) is 1. The number of anilines is 1. The number of esters is 1. The molecule has 0 bridgehead atoms. The molecule has 4 rings (SSSR count). The molecule has 0 amide bonds. The van der Waals surface area contributed by atoms with Gasteiger partial charge in [-0.1, -0.05) is 67.7 Å². The number of ketones is 1. The minimum absolute atomic E-state index is 0.0683. The third-order valence-corrected chi connectivity index (χ3v) is 10.4. The number of carbonyl (C=O) groups excluding carboxylic acids is 2. The van der Waals surface area contributed by atoms with Crippen LogP contribution in [0.15, 0.2) is 6.07 Å². The predicted molar refractivity (Wildman–Crippen MR) is 143 cm³/mol. The lowest BCUT2D eigenvalue weighted by molar-refractivity contribution is -0.150. The number of hydrogen-bond donors (Lipinski definition) is 1. The Morgan fingerprint density at radius 2 is 1.83 bits per heavy atom. The molecule has 194 valence electrons. The topological polar surface area (TPSA) is 69.4 Å². The summed E-state index contributed by atoms with van der Waals surface area (Å²) in [4.78, 5) is 25.8. The van der Waals surface area contributed by atoms with E-state index in [2.05, 4.69) is 54.5 Å². The van der Waals surface area contributed by atoms with Gasteiger partial charge in [0.2, 0.25) is 0 Å². The van der Waals surface area contributed by atoms with Crippen molar-refractivity contribution in [2.24, 2.45) is 23.2 Å². The summed E-state index contributed by atoms with van der Waals surface area (Å²) >= 11 is 0. The van der Waals surface area contributed by atoms with Crippen molar-refractivity contribution in [2.45, 2.75) is 124 Å². The van der Waals surface area contributed by atoms with Gasteiger partial charge in [0.1, 0.15) is 6.10 Å². The van der Waals surface area contributed by atoms with Crippen LogP contribution in [0.2, 0.25) is 0 Å². The molecule has 1 aromatic carbocycles. The summed E-state index contributed by atoms with van der Waals surface area (Å²) in [6, 6.07) is 2.12. The molecule has 4 heteroatoms. The zero-order valence-electron chi connectivity index (χ0n) is 23.3. The Hall–Kier alpha value is -1.84. The molecule has 3 aliphatic carbocycles. The first-order chi connectivity index (χ1) is 16.2. The minimum Gasteiger partial charge on any atom is -0.462 e. The number of benzene rings is 1. The van der Waals surface area contributed by atoms with Crippen molar-refractivity contribution < 1.29 is 14.3 Å². The quantitative estimate of drug-likeness (QED) is 0.346. The fourth-order valence-corrected chi connectivity index (χ4v) is 8.28. The van der Waals surface area contributed by atoms with E-state index in [-0.39, 0.29) is 34.1 Å². The van der Waals surface area contributed by atoms with Gasteiger partial charge in [0, 0.05) is 35.4 Å². The van der Waals surface area contributed by atoms with Crippen molar-refractivity contribution in [3.63, 3.8) is 0 Å². The first-order valence-electron chi connectivity index (χ1n) is 13.9. The van der Waals surface area contributed by atoms with Gasteiger partial charge in [0.05, 0.1) is 0 Å². The summed E-state index contributed by atoms with van der Waals surface area (Å²) < 4.78 is 5.70. The van der Waals surface area contributed by atoms with Gasteiger partial charge in [-0.25, -0.2) is 0 Å². The highest BCUT2D eigenvalue weighted by Gasteiger charge is 2.61. The van der Waals surface area contributed by atoms with Gasteiger partial charge in [0.25, 0.3) is 0 Å². The first-order valence-corrected chi connectivity index (χ1v) is 13.9. The molecule has 0 spiro atoms. The van der Waals surface area contributed by atoms with Crippen LogP contribution < -0.4 is 5.73 Å². The summed E-state index contributed by atoms with van der Waals surface area (Å²) in [6.45, 7) is 17.5. The average molecular weight is 482 g/mol. The van der Waals surface area contributed by atoms with Crippen LogP contribution in [0.5, 0.6) is 0 Å². The van der Waals surface area contributed by atoms with E-state index >= 15 is 0 Å². The van der Waals surface area contributed by atoms with Crippen LogP contribution in [0.3, 0.4) is 0 Å². The third kappa shape index (κ3) is 4.03. The highest BCUT2D eigenvalue weighted by atomic mass is 16.5. The van der Waals surface area contributed by atoms with Gasteiger partial charge >= 0.3 is 5.97 Å². The Balaban J connectivity index is 1.75. The maximum atomic E-state index is 14.0. The number of rotatable bonds is 6. The molecule has 4 nitrogen and oxygen atoms in total. The molecular weight excluding hydrogens is 434 g/mol. The van der Waals surface area contributed by atoms with Gasteiger partial charge in [-0.15, -0.1) is 0 Å². The monoisotopic (exact) mass is 481 g/mol. The van der Waals surface area contributed by atoms with Gasteiger partial charge in [-0.05, 0) is 71.6 Å². The van der Waals surface area contributed by atoms with Crippen LogP contribution in [0.4, 0.5) is 5.69 Å². The molecule has 0 radical (unpaired) electrons. The Bertz CT molecular complexity index is 1020. The summed E-state index contributed by atoms with van der Waals surface area (Å²) in [5.41, 5.74) is 11.3. The maximum absolute atomic E-state index is 14.0. The third-order valence-electron chi connectivity index (χ3n) is 10.4. The Morgan fingerprint density at radius 1 is 1.14 bits per heavy atom. The average Bonchev–Trinajstić information content (AvgIpc) is 3.01. The molecule has 2 N–H and O–H groups in total. The molecule has 1 saturated carbocycles. The van der Waals surface area contributed by atoms with Gasteiger partial charge < -0.3 is 10.5 Å². The summed E-state index contributed by atoms with van der Waals surface area (Å²) in [7, 11) is 0. The number of hydrogen-bond acceptors (Lipinski definition) is 4. The molecule has 1 unspecified atom stereocenters. The van der Waals surface area contributed by atoms with E-state index in [4.69, 9.17) is 10.5 Å². The van der Waals surface area contributed by atoms with Gasteiger partial charge in [-0.2, -0.15) is 0 Å². The molecule has 0 heterocycles. The van der Waals surface area contributed by atoms with E-state index in [1.807, 2.05) is 0 Å². The van der Waals surface area contributed by atoms with E-state index in [0.717, 1.165) is 53.1 Å². The summed E-state index contributed by atoms with van der Waals surface area (Å²) in [6.07, 6.45) is 7.94. The lowest BCUT2D eigenvalue weighted by Gasteiger charge is -2.52. The second kappa shape index (κ2) is 8.92. The number of fused-ring (bicyclic) bond motifs is 5. The van der Waals surface area contributed by atoms with Crippen molar-refractivity contribution in [1.82, 2.24) is 0 Å². The van der Waals surface area contributed by atoms with E-state index in [1.54, 1.807) is 0 Å². The smallest absolute Gasteiger partial charge is 0.302 e. The highest BCUT2D eigenvalue weighted by molar-refractivity contribution is 6.03. The van der Waals surface area contributed by atoms with Crippen LogP contribution in [0.25, 0.3) is 0 Å². The Morgan fingerprint density at radius 3 is 2.46 bits per heavy atom. The van der Waals surface area contributed by atoms with Gasteiger partial charge in [-0.3, -0.25) is 9.59 Å². The van der Waals surface area contributed by atoms with Crippen molar-refractivity contribution in [2.75, 3.05) is 5.73 Å². The molecule has 35 heavy (non-hydrogen) atoms. The first kappa shape index (κ1) is 26.2. The van der Waals surface area contributed by atoms with Crippen LogP contribution in [-0.4, -0.2) is 17.9 Å². The molecule has 3 aliphatic rings. The molecule has 5 atom stereocenters. The van der Waals surface area contributed by atoms with Crippen LogP contribution in [0, 0.1) is 23.2 Å². The number of ether oxygens (including phenoxy) is 1. The lowest BCUT2D eigenvalue weighted by atomic mass is 9.51. The van der Waals surface area contributed by atoms with E-state index in [1.165, 1.54) is 32.6 Å². The lowest BCUT2D eigenvalue weighted by Crippen LogP contribution is -2.49. The van der Waals surface area contributed by atoms with Crippen LogP contribution in [0.1, 0.15) is 127 Å². The second-order valence-electron chi connectivity index (χ2n) is 13.4. The SMILES string of the molecule is CC(=O)O[C@H]1CCc2c(cc(N)c3c2C(=O)C[C@]2(C)C([C@H](C)CCCC(C)C)CC[C@@]32C)C1(C)C. The van der Waals surface area contributed by atoms with E-state index in [9.17, 15) is 9.59 Å². The van der Waals surface area contributed by atoms with Crippen molar-refractivity contribution in [3.05, 3.63) is 28.3 Å². The van der Waals surface area contributed by atoms with Crippen molar-refractivity contribution in [1.29, 1.82) is 0 Å². The zero-order valence-corrected chi connectivity index (χ0v) is 23.3. The van der Waals surface area contributed by atoms with Crippen molar-refractivity contribution in [3.8, 4) is 0 Å². The molecule has 0 aromatic heterocycles. The standard InChI is InChI=1S/C31H47NO3/c1-18(2)10-9-11-19(3)22-14-15-30(7)28-24(32)16-23-21(27(28)25(34)17-31(22,30)8)12-13-26(29(23,5)6)35-20(4)33/h16,18-19,22,26H,9-15,17,32H2,1-8H3/t19-,22?,26+,30+,31-/m1/s1. The zero-order chi connectivity index (χ0) is 25.9. The fraction of sp³-hybridized carbons (Fsp3) is 0.742. The molecule has 0 aliphatic heterocycles. The van der Waals surface area contributed by atoms with E-state index < -0.39 is 0 Å². The largest absolute Gasteiger partial charge is 0.462 e. The minimum atomic E-state index is -0.381. The van der Waals surface area contributed by atoms with Gasteiger partial charge in [0.15, 0.2) is 5.78 Å². The normalized spacial score (nSPS) is 32.1. The fourth-order valence-electron chi connectivity index (χ4n) is 8.28. The summed E-state index contributed by atoms with van der Waals surface area (Å²) in [5, 5.41) is 0. The Labute approximate surface area is 212 Å². The van der Waals surface area contributed by atoms with E-state index in [0.29, 0.717) is 18.3 Å². The maximum Gasteiger partial charge on any atom is 0.302 e. The molecule has 0 saturated heterocycles. The second-order valence-corrected chi connectivity index (χ2v) is 13.4. The number of nitrogen functional groups attached to an aromatic ring is 1. The Kier molecular flexibility index (Phi) is 6.69. The summed E-state index contributed by atoms with van der Waals surface area (Å²) in [5.74, 6) is 1.91. The molecule has 1 aromatic rings. The van der Waals surface area contributed by atoms with Crippen LogP contribution >= 0.6 is 0 Å². The van der Waals surface area contributed by atoms with Crippen molar-refractivity contribution >= 4 is 17.4 Å². The van der Waals surface area contributed by atoms with Crippen LogP contribution in [-0.2, 0) is 26.8 Å².